The highest BCUT2D eigenvalue weighted by Crippen LogP contribution is 2.40. The minimum atomic E-state index is -5.04. The molecule has 1 aliphatic rings. The second-order valence-corrected chi connectivity index (χ2v) is 15.3. The fourth-order valence-electron chi connectivity index (χ4n) is 6.38. The van der Waals surface area contributed by atoms with Crippen LogP contribution in [0.2, 0.25) is 0 Å². The van der Waals surface area contributed by atoms with E-state index in [2.05, 4.69) is 14.9 Å². The number of methoxy groups -OCH3 is 1. The summed E-state index contributed by atoms with van der Waals surface area (Å²) in [4.78, 5) is 17.5. The van der Waals surface area contributed by atoms with Gasteiger partial charge in [-0.05, 0) is 80.6 Å². The summed E-state index contributed by atoms with van der Waals surface area (Å²) in [5, 5.41) is 0.719. The molecule has 1 unspecified atom stereocenters. The third kappa shape index (κ3) is 9.75. The summed E-state index contributed by atoms with van der Waals surface area (Å²) >= 11 is 0. The molecule has 0 bridgehead atoms. The zero-order valence-electron chi connectivity index (χ0n) is 29.3. The molecule has 5 rings (SSSR count). The molecule has 9 nitrogen and oxygen atoms in total. The smallest absolute Gasteiger partial charge is 0.416 e. The maximum atomic E-state index is 14.0. The summed E-state index contributed by atoms with van der Waals surface area (Å²) in [5.41, 5.74) is -1.80. The first-order valence-corrected chi connectivity index (χ1v) is 18.9. The number of pyridine rings is 1. The number of halogens is 6. The van der Waals surface area contributed by atoms with Crippen molar-refractivity contribution in [2.24, 2.45) is 5.92 Å². The average molecular weight is 754 g/mol. The number of hydrogen-bond acceptors (Lipinski definition) is 9. The molecule has 2 heterocycles. The fourth-order valence-corrected chi connectivity index (χ4v) is 6.77. The van der Waals surface area contributed by atoms with E-state index in [9.17, 15) is 34.8 Å². The summed E-state index contributed by atoms with van der Waals surface area (Å²) in [7, 11) is -1.78. The Balaban J connectivity index is 1.64. The van der Waals surface area contributed by atoms with Gasteiger partial charge < -0.3 is 19.3 Å². The summed E-state index contributed by atoms with van der Waals surface area (Å²) in [5.74, 6) is 1.52. The van der Waals surface area contributed by atoms with Crippen LogP contribution in [0.3, 0.4) is 0 Å². The van der Waals surface area contributed by atoms with Crippen molar-refractivity contribution in [2.75, 3.05) is 48.6 Å². The first kappa shape index (κ1) is 38.9. The molecule has 1 aliphatic carbocycles. The van der Waals surface area contributed by atoms with Gasteiger partial charge in [0.25, 0.3) is 0 Å². The van der Waals surface area contributed by atoms with Gasteiger partial charge in [-0.2, -0.15) is 26.3 Å². The van der Waals surface area contributed by atoms with E-state index in [1.165, 1.54) is 31.3 Å². The van der Waals surface area contributed by atoms with E-state index in [0.29, 0.717) is 47.2 Å². The van der Waals surface area contributed by atoms with Crippen molar-refractivity contribution in [1.29, 1.82) is 0 Å². The van der Waals surface area contributed by atoms with Gasteiger partial charge in [-0.15, -0.1) is 0 Å². The molecule has 0 spiro atoms. The number of alkyl halides is 6. The number of ether oxygens (including phenoxy) is 2. The Labute approximate surface area is 298 Å². The van der Waals surface area contributed by atoms with Crippen LogP contribution in [-0.2, 0) is 28.7 Å². The van der Waals surface area contributed by atoms with Gasteiger partial charge in [-0.25, -0.2) is 23.4 Å². The Morgan fingerprint density at radius 2 is 1.56 bits per heavy atom. The van der Waals surface area contributed by atoms with E-state index in [0.717, 1.165) is 43.9 Å². The zero-order valence-corrected chi connectivity index (χ0v) is 30.1. The fraction of sp³-hybridized carbons (Fsp3) is 0.472. The van der Waals surface area contributed by atoms with E-state index in [1.54, 1.807) is 12.1 Å². The molecule has 0 aliphatic heterocycles. The van der Waals surface area contributed by atoms with Crippen molar-refractivity contribution in [2.45, 2.75) is 64.5 Å². The molecule has 2 aromatic carbocycles. The molecule has 52 heavy (non-hydrogen) atoms. The van der Waals surface area contributed by atoms with Gasteiger partial charge >= 0.3 is 12.4 Å². The van der Waals surface area contributed by atoms with Gasteiger partial charge in [-0.3, -0.25) is 0 Å². The lowest BCUT2D eigenvalue weighted by atomic mass is 9.99. The summed E-state index contributed by atoms with van der Waals surface area (Å²) in [6.45, 7) is 4.60. The molecular formula is C36H41F6N5O4S. The lowest BCUT2D eigenvalue weighted by Crippen LogP contribution is -2.33. The van der Waals surface area contributed by atoms with Crippen LogP contribution >= 0.6 is 0 Å². The number of hydrogen-bond donors (Lipinski definition) is 0. The molecule has 1 saturated carbocycles. The van der Waals surface area contributed by atoms with Crippen LogP contribution in [-0.4, -0.2) is 62.2 Å². The van der Waals surface area contributed by atoms with Crippen LogP contribution in [0.4, 0.5) is 38.1 Å². The van der Waals surface area contributed by atoms with Gasteiger partial charge in [0, 0.05) is 30.3 Å². The minimum absolute atomic E-state index is 0.00976. The van der Waals surface area contributed by atoms with Crippen LogP contribution in [0.25, 0.3) is 10.9 Å². The summed E-state index contributed by atoms with van der Waals surface area (Å²) in [6, 6.07) is 7.72. The molecule has 0 saturated heterocycles. The molecule has 4 aromatic rings. The minimum Gasteiger partial charge on any atom is -0.497 e. The Kier molecular flexibility index (Phi) is 11.8. The van der Waals surface area contributed by atoms with Crippen molar-refractivity contribution in [1.82, 2.24) is 15.0 Å². The van der Waals surface area contributed by atoms with Crippen LogP contribution in [0.15, 0.2) is 54.9 Å². The Hall–Kier alpha value is -4.34. The van der Waals surface area contributed by atoms with E-state index < -0.39 is 39.4 Å². The van der Waals surface area contributed by atoms with E-state index >= 15 is 0 Å². The standard InChI is InChI=1S/C36H41F6N5O4S/c1-5-46(21-24-8-6-7-9-24)33-27(14-26-17-30(50-3)10-11-32(26)45-33)22-47(34-43-19-31(20-44-34)51-12-13-52(4,48)49)23(2)25-15-28(35(37,38)39)18-29(16-25)36(40,41)42/h10-11,14-20,23-24H,5-9,12-13,21-22H2,1-4H3. The second-order valence-electron chi connectivity index (χ2n) is 13.1. The maximum absolute atomic E-state index is 14.0. The van der Waals surface area contributed by atoms with Crippen LogP contribution < -0.4 is 19.3 Å². The van der Waals surface area contributed by atoms with Crippen molar-refractivity contribution >= 4 is 32.5 Å². The zero-order chi connectivity index (χ0) is 37.8. The molecule has 0 amide bonds. The van der Waals surface area contributed by atoms with Crippen molar-refractivity contribution in [3.05, 3.63) is 77.1 Å². The van der Waals surface area contributed by atoms with Gasteiger partial charge in [-0.1, -0.05) is 12.8 Å². The highest BCUT2D eigenvalue weighted by Gasteiger charge is 2.38. The molecule has 2 aromatic heterocycles. The highest BCUT2D eigenvalue weighted by atomic mass is 32.2. The topological polar surface area (TPSA) is 97.7 Å². The largest absolute Gasteiger partial charge is 0.497 e. The van der Waals surface area contributed by atoms with Gasteiger partial charge in [0.15, 0.2) is 15.6 Å². The van der Waals surface area contributed by atoms with Crippen LogP contribution in [0.1, 0.15) is 67.8 Å². The van der Waals surface area contributed by atoms with Gasteiger partial charge in [0.2, 0.25) is 5.95 Å². The Morgan fingerprint density at radius 3 is 2.12 bits per heavy atom. The number of fused-ring (bicyclic) bond motifs is 1. The first-order valence-electron chi connectivity index (χ1n) is 16.9. The average Bonchev–Trinajstić information content (AvgIpc) is 3.61. The SMILES string of the molecule is CCN(CC1CCCC1)c1nc2ccc(OC)cc2cc1CN(c1ncc(OCCS(C)(=O)=O)cn1)C(C)c1cc(C(F)(F)F)cc(C(F)(F)F)c1. The molecule has 0 N–H and O–H groups in total. The van der Waals surface area contributed by atoms with Crippen molar-refractivity contribution < 1.29 is 44.2 Å². The van der Waals surface area contributed by atoms with Crippen molar-refractivity contribution in [3.8, 4) is 11.5 Å². The highest BCUT2D eigenvalue weighted by molar-refractivity contribution is 7.90. The number of rotatable bonds is 14. The lowest BCUT2D eigenvalue weighted by molar-refractivity contribution is -0.143. The van der Waals surface area contributed by atoms with Crippen LogP contribution in [0.5, 0.6) is 11.5 Å². The summed E-state index contributed by atoms with van der Waals surface area (Å²) < 4.78 is 118. The number of benzene rings is 2. The number of anilines is 2. The number of sulfone groups is 1. The molecular weight excluding hydrogens is 712 g/mol. The molecule has 1 fully saturated rings. The monoisotopic (exact) mass is 753 g/mol. The molecule has 1 atom stereocenters. The van der Waals surface area contributed by atoms with E-state index in [1.807, 2.05) is 19.1 Å². The quantitative estimate of drug-likeness (QED) is 0.118. The third-order valence-corrected chi connectivity index (χ3v) is 10.1. The number of aromatic nitrogens is 3. The first-order chi connectivity index (χ1) is 24.4. The van der Waals surface area contributed by atoms with Crippen LogP contribution in [0, 0.1) is 5.92 Å². The molecule has 0 radical (unpaired) electrons. The predicted molar refractivity (Wildman–Crippen MR) is 186 cm³/mol. The third-order valence-electron chi connectivity index (χ3n) is 9.21. The lowest BCUT2D eigenvalue weighted by Gasteiger charge is -2.33. The summed E-state index contributed by atoms with van der Waals surface area (Å²) in [6.07, 6.45) is -2.06. The number of nitrogens with zero attached hydrogens (tertiary/aromatic N) is 5. The van der Waals surface area contributed by atoms with Gasteiger partial charge in [0.1, 0.15) is 18.2 Å². The Bertz CT molecular complexity index is 1920. The van der Waals surface area contributed by atoms with E-state index in [-0.39, 0.29) is 42.2 Å². The molecule has 282 valence electrons. The van der Waals surface area contributed by atoms with Gasteiger partial charge in [0.05, 0.1) is 54.5 Å². The molecule has 16 heteroatoms. The second kappa shape index (κ2) is 15.7. The predicted octanol–water partition coefficient (Wildman–Crippen LogP) is 8.28. The van der Waals surface area contributed by atoms with E-state index in [4.69, 9.17) is 14.5 Å². The Morgan fingerprint density at radius 1 is 0.923 bits per heavy atom. The van der Waals surface area contributed by atoms with Crippen molar-refractivity contribution in [3.63, 3.8) is 0 Å². The maximum Gasteiger partial charge on any atom is 0.416 e. The normalized spacial score (nSPS) is 14.8.